The van der Waals surface area contributed by atoms with Crippen LogP contribution in [0.2, 0.25) is 0 Å². The van der Waals surface area contributed by atoms with Gasteiger partial charge in [0.05, 0.1) is 13.5 Å². The van der Waals surface area contributed by atoms with E-state index >= 15 is 0 Å². The minimum atomic E-state index is -0.131. The van der Waals surface area contributed by atoms with Crippen LogP contribution in [0.25, 0.3) is 0 Å². The van der Waals surface area contributed by atoms with E-state index in [0.717, 1.165) is 12.5 Å². The highest BCUT2D eigenvalue weighted by molar-refractivity contribution is 5.69. The number of nitrogens with one attached hydrogen (secondary N) is 1. The Kier molecular flexibility index (Phi) is 4.94. The zero-order valence-electron chi connectivity index (χ0n) is 9.21. The molecule has 1 N–H and O–H groups in total. The van der Waals surface area contributed by atoms with E-state index in [9.17, 15) is 4.79 Å². The second kappa shape index (κ2) is 6.02. The van der Waals surface area contributed by atoms with Crippen LogP contribution in [0.4, 0.5) is 0 Å². The van der Waals surface area contributed by atoms with Gasteiger partial charge in [0.2, 0.25) is 0 Å². The van der Waals surface area contributed by atoms with Crippen LogP contribution in [-0.4, -0.2) is 25.7 Å². The lowest BCUT2D eigenvalue weighted by atomic mass is 9.83. The number of esters is 1. The Morgan fingerprint density at radius 1 is 1.57 bits per heavy atom. The van der Waals surface area contributed by atoms with Crippen LogP contribution in [0.3, 0.4) is 0 Å². The summed E-state index contributed by atoms with van der Waals surface area (Å²) in [6.07, 6.45) is 5.93. The predicted molar refractivity (Wildman–Crippen MR) is 56.1 cm³/mol. The molecule has 1 saturated carbocycles. The van der Waals surface area contributed by atoms with Crippen LogP contribution in [0.15, 0.2) is 0 Å². The molecule has 3 nitrogen and oxygen atoms in total. The van der Waals surface area contributed by atoms with Crippen LogP contribution in [-0.2, 0) is 9.53 Å². The molecule has 0 aliphatic heterocycles. The Hall–Kier alpha value is -0.570. The highest BCUT2D eigenvalue weighted by Gasteiger charge is 2.17. The van der Waals surface area contributed by atoms with Crippen LogP contribution < -0.4 is 5.32 Å². The minimum absolute atomic E-state index is 0.131. The van der Waals surface area contributed by atoms with Crippen LogP contribution in [0, 0.1) is 5.92 Å². The molecule has 1 fully saturated rings. The van der Waals surface area contributed by atoms with Gasteiger partial charge in [-0.15, -0.1) is 0 Å². The molecule has 0 aromatic carbocycles. The van der Waals surface area contributed by atoms with Gasteiger partial charge in [-0.1, -0.05) is 19.3 Å². The predicted octanol–water partition coefficient (Wildman–Crippen LogP) is 1.72. The summed E-state index contributed by atoms with van der Waals surface area (Å²) in [5.74, 6) is 0.807. The minimum Gasteiger partial charge on any atom is -0.469 e. The van der Waals surface area contributed by atoms with Gasteiger partial charge in [-0.05, 0) is 25.8 Å². The van der Waals surface area contributed by atoms with Crippen molar-refractivity contribution in [3.8, 4) is 0 Å². The third-order valence-electron chi connectivity index (χ3n) is 2.97. The molecular weight excluding hydrogens is 178 g/mol. The van der Waals surface area contributed by atoms with Crippen molar-refractivity contribution < 1.29 is 9.53 Å². The van der Waals surface area contributed by atoms with Gasteiger partial charge in [0.15, 0.2) is 0 Å². The number of rotatable bonds is 6. The van der Waals surface area contributed by atoms with Crippen molar-refractivity contribution in [2.75, 3.05) is 13.7 Å². The quantitative estimate of drug-likeness (QED) is 0.662. The Morgan fingerprint density at radius 2 is 2.29 bits per heavy atom. The summed E-state index contributed by atoms with van der Waals surface area (Å²) in [7, 11) is 1.43. The second-order valence-electron chi connectivity index (χ2n) is 4.22. The molecule has 0 saturated heterocycles. The average Bonchev–Trinajstić information content (AvgIpc) is 2.09. The molecule has 0 bridgehead atoms. The van der Waals surface area contributed by atoms with Crippen molar-refractivity contribution in [2.45, 2.75) is 45.1 Å². The Bertz CT molecular complexity index is 178. The summed E-state index contributed by atoms with van der Waals surface area (Å²) in [4.78, 5) is 10.9. The maximum absolute atomic E-state index is 10.9. The Morgan fingerprint density at radius 3 is 2.79 bits per heavy atom. The van der Waals surface area contributed by atoms with Crippen molar-refractivity contribution >= 4 is 5.97 Å². The number of hydrogen-bond donors (Lipinski definition) is 1. The maximum Gasteiger partial charge on any atom is 0.307 e. The van der Waals surface area contributed by atoms with Gasteiger partial charge >= 0.3 is 5.97 Å². The first-order chi connectivity index (χ1) is 6.72. The second-order valence-corrected chi connectivity index (χ2v) is 4.22. The number of methoxy groups -OCH3 is 1. The Labute approximate surface area is 86.2 Å². The highest BCUT2D eigenvalue weighted by Crippen LogP contribution is 2.28. The third kappa shape index (κ3) is 4.09. The van der Waals surface area contributed by atoms with Gasteiger partial charge in [0.1, 0.15) is 0 Å². The third-order valence-corrected chi connectivity index (χ3v) is 2.97. The molecule has 14 heavy (non-hydrogen) atoms. The van der Waals surface area contributed by atoms with Crippen molar-refractivity contribution in [1.29, 1.82) is 0 Å². The summed E-state index contributed by atoms with van der Waals surface area (Å²) in [6, 6.07) is 0.238. The molecule has 82 valence electrons. The van der Waals surface area contributed by atoms with Gasteiger partial charge < -0.3 is 10.1 Å². The van der Waals surface area contributed by atoms with E-state index in [1.165, 1.54) is 32.8 Å². The van der Waals surface area contributed by atoms with Crippen LogP contribution in [0.5, 0.6) is 0 Å². The molecular formula is C11H21NO2. The number of ether oxygens (including phenoxy) is 1. The average molecular weight is 199 g/mol. The van der Waals surface area contributed by atoms with Crippen molar-refractivity contribution in [1.82, 2.24) is 5.32 Å². The number of carbonyl (C=O) groups excluding carboxylic acids is 1. The van der Waals surface area contributed by atoms with Crippen LogP contribution in [0.1, 0.15) is 39.0 Å². The smallest absolute Gasteiger partial charge is 0.307 e. The topological polar surface area (TPSA) is 38.3 Å². The lowest BCUT2D eigenvalue weighted by molar-refractivity contribution is -0.141. The van der Waals surface area contributed by atoms with Crippen molar-refractivity contribution in [2.24, 2.45) is 5.92 Å². The van der Waals surface area contributed by atoms with E-state index in [1.54, 1.807) is 0 Å². The molecule has 1 rings (SSSR count). The van der Waals surface area contributed by atoms with E-state index in [4.69, 9.17) is 0 Å². The van der Waals surface area contributed by atoms with E-state index in [0.29, 0.717) is 6.42 Å². The summed E-state index contributed by atoms with van der Waals surface area (Å²) >= 11 is 0. The van der Waals surface area contributed by atoms with Gasteiger partial charge in [0, 0.05) is 6.04 Å². The largest absolute Gasteiger partial charge is 0.469 e. The summed E-state index contributed by atoms with van der Waals surface area (Å²) in [5, 5.41) is 3.35. The molecule has 1 aliphatic carbocycles. The monoisotopic (exact) mass is 199 g/mol. The standard InChI is InChI=1S/C11H21NO2/c1-9(8-11(13)14-2)12-7-6-10-4-3-5-10/h9-10,12H,3-8H2,1-2H3. The van der Waals surface area contributed by atoms with Gasteiger partial charge in [-0.25, -0.2) is 0 Å². The molecule has 0 aromatic heterocycles. The van der Waals surface area contributed by atoms with Crippen molar-refractivity contribution in [3.63, 3.8) is 0 Å². The van der Waals surface area contributed by atoms with E-state index in [-0.39, 0.29) is 12.0 Å². The molecule has 3 heteroatoms. The fourth-order valence-corrected chi connectivity index (χ4v) is 1.72. The SMILES string of the molecule is COC(=O)CC(C)NCCC1CCC1. The van der Waals surface area contributed by atoms with Gasteiger partial charge in [-0.2, -0.15) is 0 Å². The molecule has 0 aromatic rings. The maximum atomic E-state index is 10.9. The molecule has 0 heterocycles. The fraction of sp³-hybridized carbons (Fsp3) is 0.909. The molecule has 0 amide bonds. The normalized spacial score (nSPS) is 18.7. The molecule has 0 spiro atoms. The molecule has 1 atom stereocenters. The van der Waals surface area contributed by atoms with Gasteiger partial charge in [0.25, 0.3) is 0 Å². The summed E-state index contributed by atoms with van der Waals surface area (Å²) in [6.45, 7) is 3.06. The zero-order chi connectivity index (χ0) is 10.4. The lowest BCUT2D eigenvalue weighted by Gasteiger charge is -2.25. The fourth-order valence-electron chi connectivity index (χ4n) is 1.72. The van der Waals surface area contributed by atoms with E-state index in [1.807, 2.05) is 6.92 Å². The molecule has 1 aliphatic rings. The van der Waals surface area contributed by atoms with E-state index < -0.39 is 0 Å². The lowest BCUT2D eigenvalue weighted by Crippen LogP contribution is -2.31. The number of hydrogen-bond acceptors (Lipinski definition) is 3. The molecule has 1 unspecified atom stereocenters. The Balaban J connectivity index is 1.96. The molecule has 0 radical (unpaired) electrons. The van der Waals surface area contributed by atoms with Gasteiger partial charge in [-0.3, -0.25) is 4.79 Å². The first-order valence-electron chi connectivity index (χ1n) is 5.52. The first kappa shape index (κ1) is 11.5. The van der Waals surface area contributed by atoms with E-state index in [2.05, 4.69) is 10.1 Å². The zero-order valence-corrected chi connectivity index (χ0v) is 9.21. The summed E-state index contributed by atoms with van der Waals surface area (Å²) in [5.41, 5.74) is 0. The van der Waals surface area contributed by atoms with Crippen molar-refractivity contribution in [3.05, 3.63) is 0 Å². The first-order valence-corrected chi connectivity index (χ1v) is 5.52. The van der Waals surface area contributed by atoms with Crippen LogP contribution >= 0.6 is 0 Å². The number of carbonyl (C=O) groups is 1. The summed E-state index contributed by atoms with van der Waals surface area (Å²) < 4.78 is 4.60. The highest BCUT2D eigenvalue weighted by atomic mass is 16.5.